The minimum Gasteiger partial charge on any atom is -0.344 e. The van der Waals surface area contributed by atoms with E-state index in [0.717, 1.165) is 37.3 Å². The van der Waals surface area contributed by atoms with E-state index in [1.54, 1.807) is 0 Å². The van der Waals surface area contributed by atoms with Gasteiger partial charge >= 0.3 is 0 Å². The lowest BCUT2D eigenvalue weighted by Gasteiger charge is -2.29. The third kappa shape index (κ3) is 4.16. The number of carbonyl (C=O) groups excluding carboxylic acids is 1. The Bertz CT molecular complexity index is 1020. The fourth-order valence-electron chi connectivity index (χ4n) is 4.71. The smallest absolute Gasteiger partial charge is 0.229 e. The van der Waals surface area contributed by atoms with Crippen molar-refractivity contribution in [2.75, 3.05) is 31.1 Å². The molecule has 0 N–H and O–H groups in total. The van der Waals surface area contributed by atoms with E-state index in [1.807, 2.05) is 31.4 Å². The van der Waals surface area contributed by atoms with Crippen LogP contribution in [0, 0.1) is 20.8 Å². The second kappa shape index (κ2) is 7.68. The summed E-state index contributed by atoms with van der Waals surface area (Å²) < 4.78 is 31.1. The van der Waals surface area contributed by atoms with E-state index in [1.165, 1.54) is 0 Å². The van der Waals surface area contributed by atoms with Gasteiger partial charge in [-0.1, -0.05) is 5.16 Å². The van der Waals surface area contributed by atoms with Gasteiger partial charge in [0.15, 0.2) is 21.4 Å². The van der Waals surface area contributed by atoms with Gasteiger partial charge in [0.2, 0.25) is 5.89 Å². The number of sulfone groups is 1. The first-order valence-electron chi connectivity index (χ1n) is 10.2. The van der Waals surface area contributed by atoms with Crippen LogP contribution in [0.3, 0.4) is 0 Å². The van der Waals surface area contributed by atoms with Crippen LogP contribution in [0.5, 0.6) is 0 Å². The van der Waals surface area contributed by atoms with Gasteiger partial charge in [0.25, 0.3) is 0 Å². The largest absolute Gasteiger partial charge is 0.344 e. The Morgan fingerprint density at radius 2 is 1.93 bits per heavy atom. The zero-order valence-electron chi connectivity index (χ0n) is 17.2. The first-order chi connectivity index (χ1) is 13.7. The molecule has 2 aliphatic heterocycles. The summed E-state index contributed by atoms with van der Waals surface area (Å²) in [6, 6.07) is 1.85. The Hall–Kier alpha value is -2.00. The first kappa shape index (κ1) is 20.3. The fourth-order valence-corrected chi connectivity index (χ4v) is 6.41. The molecule has 4 rings (SSSR count). The van der Waals surface area contributed by atoms with Gasteiger partial charge in [-0.25, -0.2) is 8.42 Å². The standard InChI is InChI=1S/C20H28N4O4S/c1-13-10-18(14(2)24(13)17-6-9-29(26,27)12-17)19(25)11-23-7-4-16(5-8-23)20-21-15(3)22-28-20/h10,16-17H,4-9,11-12H2,1-3H3/t17-/m1/s1. The van der Waals surface area contributed by atoms with Gasteiger partial charge in [-0.05, 0) is 59.2 Å². The molecule has 2 fully saturated rings. The van der Waals surface area contributed by atoms with Gasteiger partial charge in [0, 0.05) is 28.9 Å². The zero-order valence-corrected chi connectivity index (χ0v) is 18.0. The topological polar surface area (TPSA) is 98.3 Å². The maximum atomic E-state index is 13.0. The van der Waals surface area contributed by atoms with Gasteiger partial charge in [-0.2, -0.15) is 4.98 Å². The van der Waals surface area contributed by atoms with Crippen LogP contribution < -0.4 is 0 Å². The summed E-state index contributed by atoms with van der Waals surface area (Å²) in [4.78, 5) is 19.5. The maximum Gasteiger partial charge on any atom is 0.229 e. The summed E-state index contributed by atoms with van der Waals surface area (Å²) in [5.41, 5.74) is 2.55. The second-order valence-corrected chi connectivity index (χ2v) is 10.6. The molecule has 2 aromatic heterocycles. The number of aromatic nitrogens is 3. The predicted molar refractivity (Wildman–Crippen MR) is 108 cm³/mol. The third-order valence-corrected chi connectivity index (χ3v) is 7.96. The van der Waals surface area contributed by atoms with Crippen LogP contribution in [-0.4, -0.2) is 64.9 Å². The summed E-state index contributed by atoms with van der Waals surface area (Å²) in [7, 11) is -2.97. The number of nitrogens with zero attached hydrogens (tertiary/aromatic N) is 4. The molecule has 8 nitrogen and oxygen atoms in total. The van der Waals surface area contributed by atoms with Crippen molar-refractivity contribution < 1.29 is 17.7 Å². The van der Waals surface area contributed by atoms with Crippen LogP contribution >= 0.6 is 0 Å². The average Bonchev–Trinajstić information content (AvgIpc) is 3.33. The normalized spacial score (nSPS) is 22.9. The molecule has 4 heterocycles. The summed E-state index contributed by atoms with van der Waals surface area (Å²) in [5, 5.41) is 3.87. The number of piperidine rings is 1. The van der Waals surface area contributed by atoms with Crippen molar-refractivity contribution in [2.24, 2.45) is 0 Å². The number of rotatable bonds is 5. The van der Waals surface area contributed by atoms with Crippen molar-refractivity contribution in [3.05, 3.63) is 34.7 Å². The van der Waals surface area contributed by atoms with Crippen molar-refractivity contribution >= 4 is 15.6 Å². The van der Waals surface area contributed by atoms with Crippen LogP contribution in [-0.2, 0) is 9.84 Å². The van der Waals surface area contributed by atoms with E-state index in [0.29, 0.717) is 30.2 Å². The molecule has 158 valence electrons. The van der Waals surface area contributed by atoms with Crippen LogP contribution in [0.15, 0.2) is 10.6 Å². The predicted octanol–water partition coefficient (Wildman–Crippen LogP) is 2.22. The van der Waals surface area contributed by atoms with E-state index in [-0.39, 0.29) is 29.2 Å². The summed E-state index contributed by atoms with van der Waals surface area (Å²) in [6.45, 7) is 7.71. The molecule has 0 aromatic carbocycles. The van der Waals surface area contributed by atoms with E-state index >= 15 is 0 Å². The minimum absolute atomic E-state index is 0.0600. The fraction of sp³-hybridized carbons (Fsp3) is 0.650. The molecule has 0 bridgehead atoms. The molecule has 0 spiro atoms. The quantitative estimate of drug-likeness (QED) is 0.684. The average molecular weight is 421 g/mol. The highest BCUT2D eigenvalue weighted by atomic mass is 32.2. The zero-order chi connectivity index (χ0) is 20.8. The Morgan fingerprint density at radius 3 is 2.52 bits per heavy atom. The lowest BCUT2D eigenvalue weighted by atomic mass is 9.96. The highest BCUT2D eigenvalue weighted by molar-refractivity contribution is 7.91. The Morgan fingerprint density at radius 1 is 1.21 bits per heavy atom. The highest BCUT2D eigenvalue weighted by Crippen LogP contribution is 2.30. The molecule has 0 unspecified atom stereocenters. The molecule has 0 radical (unpaired) electrons. The number of Topliss-reactive ketones (excluding diaryl/α,β-unsaturated/α-hetero) is 1. The van der Waals surface area contributed by atoms with E-state index in [2.05, 4.69) is 15.0 Å². The number of ketones is 1. The van der Waals surface area contributed by atoms with Crippen LogP contribution in [0.2, 0.25) is 0 Å². The SMILES string of the molecule is Cc1noc(C2CCN(CC(=O)c3cc(C)n([C@@H]4CCS(=O)(=O)C4)c3C)CC2)n1. The highest BCUT2D eigenvalue weighted by Gasteiger charge is 2.32. The number of aryl methyl sites for hydroxylation is 2. The lowest BCUT2D eigenvalue weighted by Crippen LogP contribution is -2.37. The molecule has 2 saturated heterocycles. The van der Waals surface area contributed by atoms with Crippen LogP contribution in [0.4, 0.5) is 0 Å². The van der Waals surface area contributed by atoms with Gasteiger partial charge in [-0.3, -0.25) is 9.69 Å². The minimum atomic E-state index is -2.97. The Labute approximate surface area is 171 Å². The van der Waals surface area contributed by atoms with Gasteiger partial charge < -0.3 is 9.09 Å². The lowest BCUT2D eigenvalue weighted by molar-refractivity contribution is 0.0904. The summed E-state index contributed by atoms with van der Waals surface area (Å²) in [5.74, 6) is 2.10. The maximum absolute atomic E-state index is 13.0. The third-order valence-electron chi connectivity index (χ3n) is 6.21. The molecular formula is C20H28N4O4S. The van der Waals surface area contributed by atoms with Crippen molar-refractivity contribution in [1.82, 2.24) is 19.6 Å². The van der Waals surface area contributed by atoms with E-state index < -0.39 is 9.84 Å². The van der Waals surface area contributed by atoms with Gasteiger partial charge in [-0.15, -0.1) is 0 Å². The molecule has 9 heteroatoms. The number of hydrogen-bond donors (Lipinski definition) is 0. The monoisotopic (exact) mass is 420 g/mol. The molecular weight excluding hydrogens is 392 g/mol. The number of hydrogen-bond acceptors (Lipinski definition) is 7. The summed E-state index contributed by atoms with van der Waals surface area (Å²) in [6.07, 6.45) is 2.41. The van der Waals surface area contributed by atoms with E-state index in [4.69, 9.17) is 4.52 Å². The number of likely N-dealkylation sites (tertiary alicyclic amines) is 1. The van der Waals surface area contributed by atoms with Crippen LogP contribution in [0.1, 0.15) is 64.7 Å². The molecule has 2 aliphatic rings. The van der Waals surface area contributed by atoms with Gasteiger partial charge in [0.05, 0.1) is 18.1 Å². The van der Waals surface area contributed by atoms with Crippen molar-refractivity contribution in [1.29, 1.82) is 0 Å². The number of carbonyl (C=O) groups is 1. The Kier molecular flexibility index (Phi) is 5.37. The van der Waals surface area contributed by atoms with Crippen LogP contribution in [0.25, 0.3) is 0 Å². The van der Waals surface area contributed by atoms with Crippen molar-refractivity contribution in [3.8, 4) is 0 Å². The first-order valence-corrected chi connectivity index (χ1v) is 12.0. The molecule has 29 heavy (non-hydrogen) atoms. The molecule has 0 amide bonds. The van der Waals surface area contributed by atoms with Gasteiger partial charge in [0.1, 0.15) is 0 Å². The molecule has 0 saturated carbocycles. The molecule has 0 aliphatic carbocycles. The van der Waals surface area contributed by atoms with Crippen molar-refractivity contribution in [2.45, 2.75) is 52.0 Å². The Balaban J connectivity index is 1.40. The molecule has 1 atom stereocenters. The second-order valence-electron chi connectivity index (χ2n) is 8.37. The van der Waals surface area contributed by atoms with Crippen molar-refractivity contribution in [3.63, 3.8) is 0 Å². The summed E-state index contributed by atoms with van der Waals surface area (Å²) >= 11 is 0. The van der Waals surface area contributed by atoms with E-state index in [9.17, 15) is 13.2 Å². The molecule has 2 aromatic rings.